The lowest BCUT2D eigenvalue weighted by Gasteiger charge is -2.42. The van der Waals surface area contributed by atoms with Crippen molar-refractivity contribution >= 4 is 72.1 Å². The molecule has 4 fully saturated rings. The average molecular weight is 1790 g/mol. The number of amides is 6. The molecule has 6 amide bonds. The molecule has 123 heavy (non-hydrogen) atoms. The Bertz CT molecular complexity index is 3060. The van der Waals surface area contributed by atoms with Crippen LogP contribution in [-0.4, -0.2) is 331 Å². The largest absolute Gasteiger partial charge is 0.465 e. The summed E-state index contributed by atoms with van der Waals surface area (Å²) in [5, 5.41) is 115. The normalized spacial score (nSPS) is 25.6. The molecule has 4 rings (SSSR count). The maximum atomic E-state index is 14.2. The van der Waals surface area contributed by atoms with Crippen LogP contribution in [0.4, 0.5) is 0 Å². The quantitative estimate of drug-likeness (QED) is 0.0177. The van der Waals surface area contributed by atoms with E-state index < -0.39 is 161 Å². The highest BCUT2D eigenvalue weighted by Gasteiger charge is 2.48. The maximum absolute atomic E-state index is 14.2. The summed E-state index contributed by atoms with van der Waals surface area (Å²) in [5.74, 6) is -3.10. The van der Waals surface area contributed by atoms with Crippen LogP contribution >= 0.6 is 7.60 Å². The first-order valence-corrected chi connectivity index (χ1v) is 45.6. The molecule has 39 nitrogen and oxygen atoms in total. The zero-order valence-corrected chi connectivity index (χ0v) is 73.3. The summed E-state index contributed by atoms with van der Waals surface area (Å²) >= 11 is 0. The van der Waals surface area contributed by atoms with E-state index in [0.717, 1.165) is 38.5 Å². The third kappa shape index (κ3) is 44.3. The van der Waals surface area contributed by atoms with Gasteiger partial charge in [0.05, 0.1) is 70.4 Å². The fourth-order valence-electron chi connectivity index (χ4n) is 14.8. The number of carbonyl (C=O) groups excluding carboxylic acids is 11. The molecule has 0 aromatic carbocycles. The van der Waals surface area contributed by atoms with Crippen LogP contribution < -0.4 is 26.6 Å². The molecule has 19 atom stereocenters. The Morgan fingerprint density at radius 2 is 0.789 bits per heavy atom. The molecule has 4 heterocycles. The van der Waals surface area contributed by atoms with Crippen molar-refractivity contribution in [2.24, 2.45) is 5.41 Å². The van der Waals surface area contributed by atoms with Gasteiger partial charge >= 0.3 is 5.97 Å². The Morgan fingerprint density at radius 3 is 1.20 bits per heavy atom. The molecule has 0 spiro atoms. The minimum atomic E-state index is -3.52. The smallest absolute Gasteiger partial charge is 0.305 e. The third-order valence-electron chi connectivity index (χ3n) is 21.8. The van der Waals surface area contributed by atoms with Crippen LogP contribution in [-0.2, 0) is 109 Å². The van der Waals surface area contributed by atoms with Gasteiger partial charge in [-0.1, -0.05) is 51.4 Å². The second kappa shape index (κ2) is 61.8. The van der Waals surface area contributed by atoms with E-state index in [0.29, 0.717) is 103 Å². The predicted molar refractivity (Wildman–Crippen MR) is 439 cm³/mol. The number of ether oxygens (including phenoxy) is 9. The molecule has 4 saturated heterocycles. The van der Waals surface area contributed by atoms with Crippen molar-refractivity contribution in [2.75, 3.05) is 106 Å². The highest BCUT2D eigenvalue weighted by molar-refractivity contribution is 7.55. The van der Waals surface area contributed by atoms with E-state index in [1.165, 1.54) is 27.9 Å². The van der Waals surface area contributed by atoms with Crippen LogP contribution in [0.15, 0.2) is 0 Å². The number of ketones is 4. The Balaban J connectivity index is 1.33. The van der Waals surface area contributed by atoms with E-state index >= 15 is 0 Å². The fourth-order valence-corrected chi connectivity index (χ4v) is 15.3. The monoisotopic (exact) mass is 1780 g/mol. The van der Waals surface area contributed by atoms with E-state index in [9.17, 15) is 108 Å². The van der Waals surface area contributed by atoms with E-state index in [2.05, 4.69) is 33.2 Å². The van der Waals surface area contributed by atoms with E-state index in [1.807, 2.05) is 0 Å². The standard InChI is InChI=1S/C83H144N6O33P/c1-55(93)86-71-77(108)74(105)64(48-90)120-80(71)115-40-23-20-30-59(96)27-15-12-16-29-61(98)36-43-113-52-83(46-62(99)32-14-10-8-6-7-9-11-18-34-69(103)89-47-63(100)45-58(89)51-119-123(5,111)112-4,54-118-70(104)35-19-13-17-28-60(97)31-21-24-41-116-81-72(87-56(2)94)78(109)75(106)65(49-91)121-81)53-114-44-37-68(102)85-39-26-38-84-67(101)33-22-25-42-117-82-73(88-57(3)95)79(110)76(107)66(50-92)122-82/h58,63-66,71-82,90-92,100,105-110H,5-54H2,1-4H3,(H,84,101)(H,85,102)(H,86,93)(H,87,94)(H,88,95)/q-1/t58-,63+,64?,65?,66?,71?,72?,73?,74?,75?,76?,77?,78?,79?,80?,81?,82?,83?,123?/m0/s1. The molecular weight excluding hydrogens is 1640 g/mol. The minimum Gasteiger partial charge on any atom is -0.465 e. The number of likely N-dealkylation sites (tertiary alicyclic amines) is 1. The zero-order chi connectivity index (χ0) is 90.7. The highest BCUT2D eigenvalue weighted by atomic mass is 31.2. The first-order chi connectivity index (χ1) is 58.8. The summed E-state index contributed by atoms with van der Waals surface area (Å²) in [6.07, 6.45) is -2.46. The maximum Gasteiger partial charge on any atom is 0.305 e. The highest BCUT2D eigenvalue weighted by Crippen LogP contribution is 2.46. The predicted octanol–water partition coefficient (Wildman–Crippen LogP) is 1.42. The Labute approximate surface area is 722 Å². The fraction of sp³-hybridized carbons (Fsp3) is 0.855. The number of aliphatic hydroxyl groups is 10. The van der Waals surface area contributed by atoms with Gasteiger partial charge in [-0.3, -0.25) is 57.3 Å². The number of β-amino-alcohol motifs (C(OH)–C–C–N with tert-alkyl or cyclic N) is 1. The topological polar surface area (TPSA) is 572 Å². The van der Waals surface area contributed by atoms with E-state index in [-0.39, 0.29) is 197 Å². The summed E-state index contributed by atoms with van der Waals surface area (Å²) in [4.78, 5) is 143. The summed E-state index contributed by atoms with van der Waals surface area (Å²) in [6.45, 7) is 5.22. The van der Waals surface area contributed by atoms with Crippen LogP contribution in [0.1, 0.15) is 239 Å². The van der Waals surface area contributed by atoms with Gasteiger partial charge in [0.15, 0.2) is 26.5 Å². The number of esters is 1. The van der Waals surface area contributed by atoms with E-state index in [4.69, 9.17) is 51.7 Å². The number of aliphatic hydroxyl groups excluding tert-OH is 10. The van der Waals surface area contributed by atoms with E-state index in [1.54, 1.807) is 4.90 Å². The molecule has 0 bridgehead atoms. The second-order valence-electron chi connectivity index (χ2n) is 32.6. The summed E-state index contributed by atoms with van der Waals surface area (Å²) in [5.41, 5.74) is -1.29. The number of nitrogens with zero attached hydrogens (tertiary/aromatic N) is 1. The number of rotatable bonds is 69. The van der Waals surface area contributed by atoms with Gasteiger partial charge in [-0.2, -0.15) is 0 Å². The van der Waals surface area contributed by atoms with Crippen molar-refractivity contribution < 1.29 is 160 Å². The molecule has 4 aliphatic rings. The molecule has 710 valence electrons. The van der Waals surface area contributed by atoms with Crippen molar-refractivity contribution in [1.82, 2.24) is 31.5 Å². The van der Waals surface area contributed by atoms with Crippen molar-refractivity contribution in [2.45, 2.75) is 343 Å². The number of hydrogen-bond donors (Lipinski definition) is 15. The number of carbonyl (C=O) groups is 11. The molecule has 0 saturated carbocycles. The van der Waals surface area contributed by atoms with Crippen molar-refractivity contribution in [3.63, 3.8) is 0 Å². The van der Waals surface area contributed by atoms with Gasteiger partial charge in [-0.25, -0.2) is 6.66 Å². The Hall–Kier alpha value is -5.60. The van der Waals surface area contributed by atoms with Crippen LogP contribution in [0.2, 0.25) is 0 Å². The first-order valence-electron chi connectivity index (χ1n) is 43.8. The number of Topliss-reactive ketones (excluding diaryl/α,β-unsaturated/α-hetero) is 4. The third-order valence-corrected chi connectivity index (χ3v) is 22.9. The number of nitrogens with one attached hydrogen (secondary N) is 5. The zero-order valence-electron chi connectivity index (χ0n) is 72.4. The molecule has 40 heteroatoms. The SMILES string of the molecule is [CH2-]P(=O)(OC)OC[C@@H]1C[C@@H](O)CN1C(=O)CCCCCCCCCCC(=O)CC(COCCC(=O)CCCCCC(=O)CCCCOC1OC(CO)C(O)C(O)C1NC(C)=O)(COCCC(=O)NCCCNC(=O)CCCCOC1OC(CO)C(O)C(O)C1NC(C)=O)COC(=O)CCCCCC(=O)CCCCOC1OC(CO)C(O)C(O)C1NC(C)=O. The Kier molecular flexibility index (Phi) is 55.1. The lowest BCUT2D eigenvalue weighted by Crippen LogP contribution is -2.64. The molecule has 0 aromatic heterocycles. The summed E-state index contributed by atoms with van der Waals surface area (Å²) in [7, 11) is -2.30. The average Bonchev–Trinajstić information content (AvgIpc) is 1.72. The lowest BCUT2D eigenvalue weighted by molar-refractivity contribution is -0.270. The lowest BCUT2D eigenvalue weighted by atomic mass is 9.83. The van der Waals surface area contributed by atoms with Gasteiger partial charge < -0.3 is 134 Å². The Morgan fingerprint density at radius 1 is 0.431 bits per heavy atom. The van der Waals surface area contributed by atoms with Crippen LogP contribution in [0, 0.1) is 12.1 Å². The van der Waals surface area contributed by atoms with Gasteiger partial charge in [0, 0.05) is 144 Å². The molecule has 15 N–H and O–H groups in total. The summed E-state index contributed by atoms with van der Waals surface area (Å²) in [6, 6.07) is -3.74. The van der Waals surface area contributed by atoms with Gasteiger partial charge in [0.25, 0.3) is 0 Å². The minimum absolute atomic E-state index is 0.00632. The van der Waals surface area contributed by atoms with Crippen molar-refractivity contribution in [1.29, 1.82) is 0 Å². The van der Waals surface area contributed by atoms with Crippen LogP contribution in [0.5, 0.6) is 0 Å². The molecule has 0 aliphatic carbocycles. The molecule has 17 unspecified atom stereocenters. The number of unbranched alkanes of at least 4 members (excludes halogenated alkanes) is 14. The molecule has 0 radical (unpaired) electrons. The molecule has 0 aromatic rings. The first kappa shape index (κ1) is 110. The van der Waals surface area contributed by atoms with Gasteiger partial charge in [-0.15, -0.1) is 0 Å². The van der Waals surface area contributed by atoms with Crippen molar-refractivity contribution in [3.05, 3.63) is 6.66 Å². The van der Waals surface area contributed by atoms with Gasteiger partial charge in [0.2, 0.25) is 35.4 Å². The molecule has 4 aliphatic heterocycles. The van der Waals surface area contributed by atoms with Crippen LogP contribution in [0.25, 0.3) is 0 Å². The van der Waals surface area contributed by atoms with Gasteiger partial charge in [0.1, 0.15) is 103 Å². The molecular formula is C83H144N6O33P-. The summed E-state index contributed by atoms with van der Waals surface area (Å²) < 4.78 is 74.6. The van der Waals surface area contributed by atoms with Gasteiger partial charge in [-0.05, 0) is 89.9 Å². The second-order valence-corrected chi connectivity index (χ2v) is 34.4. The van der Waals surface area contributed by atoms with Crippen LogP contribution in [0.3, 0.4) is 0 Å². The van der Waals surface area contributed by atoms with Crippen molar-refractivity contribution in [3.8, 4) is 0 Å². The number of hydrogen-bond acceptors (Lipinski definition) is 33.